The third kappa shape index (κ3) is 3.95. The number of hydrogen-bond donors (Lipinski definition) is 1. The van der Waals surface area contributed by atoms with Crippen molar-refractivity contribution in [3.63, 3.8) is 0 Å². The molecule has 3 aromatic rings. The van der Waals surface area contributed by atoms with Crippen LogP contribution in [0.3, 0.4) is 0 Å². The first kappa shape index (κ1) is 17.5. The maximum atomic E-state index is 12.4. The Morgan fingerprint density at radius 3 is 2.70 bits per heavy atom. The lowest BCUT2D eigenvalue weighted by Crippen LogP contribution is -2.27. The molecular weight excluding hydrogens is 362 g/mol. The molecule has 2 aromatic heterocycles. The van der Waals surface area contributed by atoms with Gasteiger partial charge in [-0.05, 0) is 31.0 Å². The van der Waals surface area contributed by atoms with E-state index < -0.39 is 0 Å². The van der Waals surface area contributed by atoms with Crippen molar-refractivity contribution in [2.75, 3.05) is 18.8 Å². The van der Waals surface area contributed by atoms with Gasteiger partial charge in [0.05, 0.1) is 11.4 Å². The lowest BCUT2D eigenvalue weighted by Gasteiger charge is -2.13. The summed E-state index contributed by atoms with van der Waals surface area (Å²) in [5.41, 5.74) is 1.89. The predicted molar refractivity (Wildman–Crippen MR) is 102 cm³/mol. The Morgan fingerprint density at radius 1 is 1.15 bits per heavy atom. The number of H-pyrrole nitrogens is 1. The first-order chi connectivity index (χ1) is 13.2. The van der Waals surface area contributed by atoms with Gasteiger partial charge in [-0.1, -0.05) is 30.0 Å². The number of para-hydroxylation sites is 1. The average Bonchev–Trinajstić information content (AvgIpc) is 3.48. The lowest BCUT2D eigenvalue weighted by molar-refractivity contribution is 0.0787. The number of benzene rings is 1. The Hall–Kier alpha value is -2.87. The zero-order valence-corrected chi connectivity index (χ0v) is 15.5. The molecular formula is C19H19N5O2S. The van der Waals surface area contributed by atoms with E-state index in [-0.39, 0.29) is 17.4 Å². The fraction of sp³-hybridized carbons (Fsp3) is 0.263. The van der Waals surface area contributed by atoms with Crippen molar-refractivity contribution in [2.45, 2.75) is 18.0 Å². The molecule has 1 aromatic carbocycles. The van der Waals surface area contributed by atoms with Crippen LogP contribution in [0.15, 0.2) is 54.1 Å². The van der Waals surface area contributed by atoms with Crippen LogP contribution in [0, 0.1) is 0 Å². The number of aromatic nitrogens is 4. The number of thioether (sulfide) groups is 1. The fourth-order valence-corrected chi connectivity index (χ4v) is 3.70. The Labute approximate surface area is 160 Å². The van der Waals surface area contributed by atoms with Crippen LogP contribution in [-0.2, 0) is 0 Å². The normalized spacial score (nSPS) is 13.9. The molecule has 8 heteroatoms. The minimum absolute atomic E-state index is 0.0394. The van der Waals surface area contributed by atoms with Gasteiger partial charge in [0.1, 0.15) is 12.0 Å². The Bertz CT molecular complexity index is 944. The molecule has 0 radical (unpaired) electrons. The second kappa shape index (κ2) is 7.79. The van der Waals surface area contributed by atoms with E-state index in [4.69, 9.17) is 0 Å². The van der Waals surface area contributed by atoms with Gasteiger partial charge in [0.15, 0.2) is 5.78 Å². The molecule has 0 bridgehead atoms. The van der Waals surface area contributed by atoms with Gasteiger partial charge in [-0.25, -0.2) is 9.67 Å². The number of carbonyl (C=O) groups excluding carboxylic acids is 2. The number of ketones is 1. The summed E-state index contributed by atoms with van der Waals surface area (Å²) in [7, 11) is 0. The van der Waals surface area contributed by atoms with Gasteiger partial charge in [-0.2, -0.15) is 0 Å². The molecule has 27 heavy (non-hydrogen) atoms. The summed E-state index contributed by atoms with van der Waals surface area (Å²) in [5, 5.41) is 4.92. The van der Waals surface area contributed by atoms with E-state index >= 15 is 0 Å². The molecule has 3 heterocycles. The first-order valence-electron chi connectivity index (χ1n) is 8.81. The number of carbonyl (C=O) groups is 2. The maximum absolute atomic E-state index is 12.4. The molecule has 1 aliphatic rings. The van der Waals surface area contributed by atoms with Crippen molar-refractivity contribution in [1.82, 2.24) is 24.6 Å². The van der Waals surface area contributed by atoms with E-state index in [9.17, 15) is 9.59 Å². The number of rotatable bonds is 6. The molecule has 4 rings (SSSR count). The molecule has 1 saturated heterocycles. The minimum Gasteiger partial charge on any atom is -0.356 e. The highest BCUT2D eigenvalue weighted by molar-refractivity contribution is 7.99. The van der Waals surface area contributed by atoms with Gasteiger partial charge in [-0.3, -0.25) is 9.59 Å². The molecule has 0 spiro atoms. The zero-order chi connectivity index (χ0) is 18.6. The van der Waals surface area contributed by atoms with Crippen LogP contribution in [-0.4, -0.2) is 55.2 Å². The second-order valence-electron chi connectivity index (χ2n) is 6.32. The summed E-state index contributed by atoms with van der Waals surface area (Å²) in [6, 6.07) is 11.3. The van der Waals surface area contributed by atoms with E-state index in [0.29, 0.717) is 16.4 Å². The molecule has 0 atom stereocenters. The zero-order valence-electron chi connectivity index (χ0n) is 14.7. The van der Waals surface area contributed by atoms with Crippen LogP contribution in [0.2, 0.25) is 0 Å². The number of nitrogens with one attached hydrogen (secondary N) is 1. The van der Waals surface area contributed by atoms with Crippen molar-refractivity contribution < 1.29 is 9.59 Å². The molecule has 7 nitrogen and oxygen atoms in total. The summed E-state index contributed by atoms with van der Waals surface area (Å²) in [6.45, 7) is 1.57. The van der Waals surface area contributed by atoms with Crippen LogP contribution >= 0.6 is 11.8 Å². The largest absolute Gasteiger partial charge is 0.356 e. The monoisotopic (exact) mass is 381 g/mol. The van der Waals surface area contributed by atoms with E-state index in [2.05, 4.69) is 15.1 Å². The first-order valence-corrected chi connectivity index (χ1v) is 9.80. The van der Waals surface area contributed by atoms with E-state index in [1.807, 2.05) is 35.2 Å². The Balaban J connectivity index is 1.36. The summed E-state index contributed by atoms with van der Waals surface area (Å²) in [5.74, 6) is 0.115. The van der Waals surface area contributed by atoms with Gasteiger partial charge in [0, 0.05) is 24.8 Å². The lowest BCUT2D eigenvalue weighted by atomic mass is 10.2. The maximum Gasteiger partial charge on any atom is 0.270 e. The summed E-state index contributed by atoms with van der Waals surface area (Å²) in [4.78, 5) is 33.8. The SMILES string of the molecule is O=C(CSc1ncn(-c2ccccc2)n1)c1c[nH]c(C(=O)N2CCCC2)c1. The quantitative estimate of drug-likeness (QED) is 0.524. The third-order valence-electron chi connectivity index (χ3n) is 4.45. The van der Waals surface area contributed by atoms with Crippen molar-refractivity contribution in [3.05, 3.63) is 60.2 Å². The Morgan fingerprint density at radius 2 is 1.93 bits per heavy atom. The van der Waals surface area contributed by atoms with Gasteiger partial charge in [0.2, 0.25) is 5.16 Å². The van der Waals surface area contributed by atoms with Crippen molar-refractivity contribution in [2.24, 2.45) is 0 Å². The van der Waals surface area contributed by atoms with E-state index in [1.165, 1.54) is 11.8 Å². The van der Waals surface area contributed by atoms with Crippen molar-refractivity contribution >= 4 is 23.5 Å². The van der Waals surface area contributed by atoms with E-state index in [0.717, 1.165) is 31.6 Å². The van der Waals surface area contributed by atoms with E-state index in [1.54, 1.807) is 23.3 Å². The molecule has 138 valence electrons. The number of Topliss-reactive ketones (excluding diaryl/α,β-unsaturated/α-hetero) is 1. The highest BCUT2D eigenvalue weighted by Gasteiger charge is 2.21. The van der Waals surface area contributed by atoms with Crippen LogP contribution in [0.5, 0.6) is 0 Å². The smallest absolute Gasteiger partial charge is 0.270 e. The number of likely N-dealkylation sites (tertiary alicyclic amines) is 1. The third-order valence-corrected chi connectivity index (χ3v) is 5.30. The van der Waals surface area contributed by atoms with Crippen LogP contribution in [0.4, 0.5) is 0 Å². The predicted octanol–water partition coefficient (Wildman–Crippen LogP) is 2.81. The molecule has 0 aliphatic carbocycles. The van der Waals surface area contributed by atoms with Gasteiger partial charge < -0.3 is 9.88 Å². The number of hydrogen-bond acceptors (Lipinski definition) is 5. The van der Waals surface area contributed by atoms with Crippen LogP contribution in [0.1, 0.15) is 33.7 Å². The highest BCUT2D eigenvalue weighted by atomic mass is 32.2. The standard InChI is InChI=1S/C19H19N5O2S/c25-17(14-10-16(20-11-14)18(26)23-8-4-5-9-23)12-27-19-21-13-24(22-19)15-6-2-1-3-7-15/h1-3,6-7,10-11,13,20H,4-5,8-9,12H2. The molecule has 1 fully saturated rings. The Kier molecular flexibility index (Phi) is 5.06. The molecule has 1 aliphatic heterocycles. The molecule has 0 unspecified atom stereocenters. The second-order valence-corrected chi connectivity index (χ2v) is 7.26. The molecule has 0 saturated carbocycles. The van der Waals surface area contributed by atoms with Crippen molar-refractivity contribution in [1.29, 1.82) is 0 Å². The van der Waals surface area contributed by atoms with Crippen LogP contribution in [0.25, 0.3) is 5.69 Å². The van der Waals surface area contributed by atoms with Gasteiger partial charge in [-0.15, -0.1) is 5.10 Å². The summed E-state index contributed by atoms with van der Waals surface area (Å²) >= 11 is 1.28. The average molecular weight is 381 g/mol. The molecule has 1 amide bonds. The highest BCUT2D eigenvalue weighted by Crippen LogP contribution is 2.18. The minimum atomic E-state index is -0.0622. The topological polar surface area (TPSA) is 83.9 Å². The number of nitrogens with zero attached hydrogens (tertiary/aromatic N) is 4. The van der Waals surface area contributed by atoms with Crippen molar-refractivity contribution in [3.8, 4) is 5.69 Å². The van der Waals surface area contributed by atoms with Gasteiger partial charge in [0.25, 0.3) is 5.91 Å². The summed E-state index contributed by atoms with van der Waals surface area (Å²) < 4.78 is 1.68. The number of aromatic amines is 1. The number of amides is 1. The fourth-order valence-electron chi connectivity index (χ4n) is 3.00. The molecule has 1 N–H and O–H groups in total. The van der Waals surface area contributed by atoms with Crippen LogP contribution < -0.4 is 0 Å². The van der Waals surface area contributed by atoms with Gasteiger partial charge >= 0.3 is 0 Å². The summed E-state index contributed by atoms with van der Waals surface area (Å²) in [6.07, 6.45) is 5.31.